The van der Waals surface area contributed by atoms with Crippen LogP contribution in [-0.4, -0.2) is 0 Å². The van der Waals surface area contributed by atoms with Crippen LogP contribution in [-0.2, 0) is 0 Å². The van der Waals surface area contributed by atoms with E-state index < -0.39 is 0 Å². The summed E-state index contributed by atoms with van der Waals surface area (Å²) in [5.74, 6) is 0. The fraction of sp³-hybridized carbons (Fsp3) is 0. The Balaban J connectivity index is 1.17. The van der Waals surface area contributed by atoms with Gasteiger partial charge >= 0.3 is 0 Å². The van der Waals surface area contributed by atoms with Crippen LogP contribution in [0.1, 0.15) is 0 Å². The van der Waals surface area contributed by atoms with Gasteiger partial charge in [-0.2, -0.15) is 0 Å². The lowest BCUT2D eigenvalue weighted by atomic mass is 9.91. The second kappa shape index (κ2) is 13.2. The predicted octanol–water partition coefficient (Wildman–Crippen LogP) is 16.6. The third-order valence-corrected chi connectivity index (χ3v) is 13.2. The van der Waals surface area contributed by atoms with Crippen molar-refractivity contribution in [3.8, 4) is 22.3 Å². The standard InChI is InChI=1S/C56H35NS/c1-2-14-36(15-3-1)43-30-31-53(49-25-13-12-23-47(43)49)57(41-27-29-50-51-28-26-37-16-4-9-21-45(37)56(51)58-55(50)35-41)54-34-40(32-38-17-6-8-20-44(38)54)52-33-39-18-5-7-19-42(39)46-22-10-11-24-48(46)52/h1-35H. The lowest BCUT2D eigenvalue weighted by Crippen LogP contribution is -2.11. The van der Waals surface area contributed by atoms with E-state index in [2.05, 4.69) is 217 Å². The Morgan fingerprint density at radius 1 is 0.293 bits per heavy atom. The zero-order chi connectivity index (χ0) is 38.2. The van der Waals surface area contributed by atoms with Crippen molar-refractivity contribution >= 4 is 102 Å². The number of hydrogen-bond donors (Lipinski definition) is 0. The second-order valence-electron chi connectivity index (χ2n) is 15.2. The van der Waals surface area contributed by atoms with E-state index in [0.717, 1.165) is 17.1 Å². The van der Waals surface area contributed by atoms with E-state index in [1.165, 1.54) is 96.3 Å². The summed E-state index contributed by atoms with van der Waals surface area (Å²) in [5, 5.41) is 15.1. The summed E-state index contributed by atoms with van der Waals surface area (Å²) in [6.07, 6.45) is 0. The van der Waals surface area contributed by atoms with Gasteiger partial charge in [-0.15, -0.1) is 11.3 Å². The minimum absolute atomic E-state index is 1.13. The molecule has 1 heterocycles. The Bertz CT molecular complexity index is 3580. The Labute approximate surface area is 340 Å². The molecule has 0 amide bonds. The number of nitrogens with zero attached hydrogens (tertiary/aromatic N) is 1. The molecular weight excluding hydrogens is 719 g/mol. The van der Waals surface area contributed by atoms with E-state index in [-0.39, 0.29) is 0 Å². The van der Waals surface area contributed by atoms with Crippen LogP contribution in [0.4, 0.5) is 17.1 Å². The van der Waals surface area contributed by atoms with Gasteiger partial charge in [-0.3, -0.25) is 0 Å². The third kappa shape index (κ3) is 5.16. The Morgan fingerprint density at radius 2 is 0.897 bits per heavy atom. The minimum Gasteiger partial charge on any atom is -0.309 e. The van der Waals surface area contributed by atoms with Crippen LogP contribution < -0.4 is 4.90 Å². The molecule has 12 aromatic rings. The quantitative estimate of drug-likeness (QED) is 0.158. The summed E-state index contributed by atoms with van der Waals surface area (Å²) in [6.45, 7) is 0. The molecule has 0 unspecified atom stereocenters. The zero-order valence-electron chi connectivity index (χ0n) is 31.6. The summed E-state index contributed by atoms with van der Waals surface area (Å²) in [7, 11) is 0. The first-order chi connectivity index (χ1) is 28.8. The molecule has 58 heavy (non-hydrogen) atoms. The van der Waals surface area contributed by atoms with Crippen molar-refractivity contribution in [1.82, 2.24) is 0 Å². The van der Waals surface area contributed by atoms with Crippen molar-refractivity contribution in [3.05, 3.63) is 212 Å². The van der Waals surface area contributed by atoms with Crippen molar-refractivity contribution in [2.75, 3.05) is 4.90 Å². The molecule has 0 saturated carbocycles. The van der Waals surface area contributed by atoms with E-state index in [4.69, 9.17) is 0 Å². The van der Waals surface area contributed by atoms with Gasteiger partial charge < -0.3 is 4.90 Å². The highest BCUT2D eigenvalue weighted by atomic mass is 32.1. The maximum absolute atomic E-state index is 2.52. The molecule has 0 aliphatic heterocycles. The van der Waals surface area contributed by atoms with Crippen molar-refractivity contribution < 1.29 is 0 Å². The third-order valence-electron chi connectivity index (χ3n) is 12.0. The van der Waals surface area contributed by atoms with Crippen molar-refractivity contribution in [1.29, 1.82) is 0 Å². The molecule has 0 spiro atoms. The summed E-state index contributed by atoms with van der Waals surface area (Å²) in [4.78, 5) is 2.52. The average Bonchev–Trinajstić information content (AvgIpc) is 3.68. The topological polar surface area (TPSA) is 3.24 Å². The van der Waals surface area contributed by atoms with Gasteiger partial charge in [0.25, 0.3) is 0 Å². The lowest BCUT2D eigenvalue weighted by Gasteiger charge is -2.29. The fourth-order valence-corrected chi connectivity index (χ4v) is 10.6. The van der Waals surface area contributed by atoms with Crippen LogP contribution in [0, 0.1) is 0 Å². The monoisotopic (exact) mass is 753 g/mol. The first kappa shape index (κ1) is 32.9. The number of hydrogen-bond acceptors (Lipinski definition) is 2. The SMILES string of the molecule is c1ccc(-c2ccc(N(c3ccc4c(c3)sc3c5ccccc5ccc43)c3cc(-c4cc5ccccc5c5ccccc45)cc4ccccc34)c3ccccc23)cc1. The summed E-state index contributed by atoms with van der Waals surface area (Å²) >= 11 is 1.90. The predicted molar refractivity (Wildman–Crippen MR) is 252 cm³/mol. The number of thiophene rings is 1. The Morgan fingerprint density at radius 3 is 1.69 bits per heavy atom. The number of benzene rings is 11. The molecule has 1 aromatic heterocycles. The maximum Gasteiger partial charge on any atom is 0.0546 e. The summed E-state index contributed by atoms with van der Waals surface area (Å²) < 4.78 is 2.62. The normalized spacial score (nSPS) is 11.8. The van der Waals surface area contributed by atoms with Crippen LogP contribution in [0.3, 0.4) is 0 Å². The van der Waals surface area contributed by atoms with Gasteiger partial charge in [0.2, 0.25) is 0 Å². The molecule has 0 radical (unpaired) electrons. The first-order valence-corrected chi connectivity index (χ1v) is 20.7. The highest BCUT2D eigenvalue weighted by molar-refractivity contribution is 7.26. The van der Waals surface area contributed by atoms with Gasteiger partial charge in [-0.05, 0) is 102 Å². The first-order valence-electron chi connectivity index (χ1n) is 19.9. The van der Waals surface area contributed by atoms with Crippen LogP contribution in [0.2, 0.25) is 0 Å². The molecule has 12 rings (SSSR count). The van der Waals surface area contributed by atoms with Crippen LogP contribution in [0.5, 0.6) is 0 Å². The summed E-state index contributed by atoms with van der Waals surface area (Å²) in [6, 6.07) is 78.4. The van der Waals surface area contributed by atoms with Gasteiger partial charge in [-0.25, -0.2) is 0 Å². The highest BCUT2D eigenvalue weighted by Crippen LogP contribution is 2.48. The van der Waals surface area contributed by atoms with Gasteiger partial charge in [0.1, 0.15) is 0 Å². The number of fused-ring (bicyclic) bond motifs is 10. The van der Waals surface area contributed by atoms with Gasteiger partial charge in [0.05, 0.1) is 11.4 Å². The van der Waals surface area contributed by atoms with Crippen molar-refractivity contribution in [2.24, 2.45) is 0 Å². The van der Waals surface area contributed by atoms with E-state index in [9.17, 15) is 0 Å². The molecule has 0 fully saturated rings. The average molecular weight is 754 g/mol. The highest BCUT2D eigenvalue weighted by Gasteiger charge is 2.22. The van der Waals surface area contributed by atoms with Crippen molar-refractivity contribution in [3.63, 3.8) is 0 Å². The second-order valence-corrected chi connectivity index (χ2v) is 16.3. The molecule has 0 aliphatic rings. The number of anilines is 3. The van der Waals surface area contributed by atoms with E-state index in [0.29, 0.717) is 0 Å². The molecule has 2 heteroatoms. The van der Waals surface area contributed by atoms with Crippen LogP contribution in [0.15, 0.2) is 212 Å². The van der Waals surface area contributed by atoms with Crippen LogP contribution in [0.25, 0.3) is 96.3 Å². The maximum atomic E-state index is 2.52. The molecule has 0 atom stereocenters. The molecule has 1 nitrogen and oxygen atoms in total. The Hall–Kier alpha value is -7.26. The smallest absolute Gasteiger partial charge is 0.0546 e. The summed E-state index contributed by atoms with van der Waals surface area (Å²) in [5.41, 5.74) is 8.30. The molecule has 0 N–H and O–H groups in total. The van der Waals surface area contributed by atoms with Gasteiger partial charge in [0, 0.05) is 36.6 Å². The van der Waals surface area contributed by atoms with Crippen molar-refractivity contribution in [2.45, 2.75) is 0 Å². The fourth-order valence-electron chi connectivity index (χ4n) is 9.31. The largest absolute Gasteiger partial charge is 0.309 e. The molecule has 0 bridgehead atoms. The van der Waals surface area contributed by atoms with Gasteiger partial charge in [-0.1, -0.05) is 176 Å². The minimum atomic E-state index is 1.13. The molecular formula is C56H35NS. The molecule has 0 aliphatic carbocycles. The lowest BCUT2D eigenvalue weighted by molar-refractivity contribution is 1.32. The van der Waals surface area contributed by atoms with E-state index in [1.54, 1.807) is 0 Å². The van der Waals surface area contributed by atoms with Crippen LogP contribution >= 0.6 is 11.3 Å². The van der Waals surface area contributed by atoms with E-state index >= 15 is 0 Å². The Kier molecular flexibility index (Phi) is 7.47. The zero-order valence-corrected chi connectivity index (χ0v) is 32.4. The molecule has 0 saturated heterocycles. The van der Waals surface area contributed by atoms with Gasteiger partial charge in [0.15, 0.2) is 0 Å². The van der Waals surface area contributed by atoms with E-state index in [1.807, 2.05) is 11.3 Å². The number of rotatable bonds is 5. The molecule has 270 valence electrons. The molecule has 11 aromatic carbocycles.